The summed E-state index contributed by atoms with van der Waals surface area (Å²) >= 11 is 1.89. The van der Waals surface area contributed by atoms with Gasteiger partial charge in [0.1, 0.15) is 12.1 Å². The molecule has 0 aliphatic carbocycles. The number of thioether (sulfide) groups is 1. The van der Waals surface area contributed by atoms with Gasteiger partial charge in [0.2, 0.25) is 0 Å². The van der Waals surface area contributed by atoms with E-state index in [0.29, 0.717) is 17.0 Å². The molecule has 0 spiro atoms. The predicted molar refractivity (Wildman–Crippen MR) is 84.3 cm³/mol. The first-order valence-corrected chi connectivity index (χ1v) is 7.70. The van der Waals surface area contributed by atoms with Gasteiger partial charge in [-0.25, -0.2) is 0 Å². The molecule has 1 unspecified atom stereocenters. The van der Waals surface area contributed by atoms with Crippen LogP contribution in [0.5, 0.6) is 0 Å². The van der Waals surface area contributed by atoms with E-state index in [1.165, 1.54) is 10.5 Å². The summed E-state index contributed by atoms with van der Waals surface area (Å²) in [4.78, 5) is 1.36. The van der Waals surface area contributed by atoms with Gasteiger partial charge in [-0.2, -0.15) is 10.5 Å². The summed E-state index contributed by atoms with van der Waals surface area (Å²) in [6, 6.07) is 17.9. The summed E-state index contributed by atoms with van der Waals surface area (Å²) in [5.41, 5.74) is 3.12. The van der Waals surface area contributed by atoms with E-state index in [-0.39, 0.29) is 0 Å². The van der Waals surface area contributed by atoms with Crippen molar-refractivity contribution in [2.24, 2.45) is 0 Å². The molecule has 1 heterocycles. The Morgan fingerprint density at radius 3 is 2.71 bits per heavy atom. The van der Waals surface area contributed by atoms with Gasteiger partial charge < -0.3 is 5.32 Å². The summed E-state index contributed by atoms with van der Waals surface area (Å²) in [5.74, 6) is 1.56. The number of anilines is 1. The minimum atomic E-state index is 0.420. The van der Waals surface area contributed by atoms with E-state index < -0.39 is 0 Å². The van der Waals surface area contributed by atoms with Crippen LogP contribution in [0, 0.1) is 22.7 Å². The highest BCUT2D eigenvalue weighted by molar-refractivity contribution is 7.99. The number of benzene rings is 2. The van der Waals surface area contributed by atoms with Gasteiger partial charge in [0.15, 0.2) is 0 Å². The molecule has 0 radical (unpaired) electrons. The van der Waals surface area contributed by atoms with Crippen LogP contribution >= 0.6 is 11.8 Å². The standard InChI is InChI=1S/C17H13N3S/c18-8-12-5-6-15(7-13(12)9-19)20-10-14-11-21-17-4-2-1-3-16(14)17/h1-7,14,20H,10-11H2. The van der Waals surface area contributed by atoms with Crippen LogP contribution < -0.4 is 5.32 Å². The molecule has 1 aliphatic rings. The van der Waals surface area contributed by atoms with Crippen LogP contribution in [0.4, 0.5) is 5.69 Å². The number of nitriles is 2. The van der Waals surface area contributed by atoms with E-state index in [2.05, 4.69) is 35.7 Å². The van der Waals surface area contributed by atoms with Gasteiger partial charge in [0.25, 0.3) is 0 Å². The van der Waals surface area contributed by atoms with E-state index >= 15 is 0 Å². The number of fused-ring (bicyclic) bond motifs is 1. The van der Waals surface area contributed by atoms with Gasteiger partial charge >= 0.3 is 0 Å². The number of hydrogen-bond donors (Lipinski definition) is 1. The summed E-state index contributed by atoms with van der Waals surface area (Å²) in [5, 5.41) is 21.4. The Balaban J connectivity index is 1.72. The van der Waals surface area contributed by atoms with Crippen LogP contribution in [0.3, 0.4) is 0 Å². The molecule has 1 N–H and O–H groups in total. The molecule has 4 heteroatoms. The molecule has 102 valence electrons. The minimum absolute atomic E-state index is 0.420. The Kier molecular flexibility index (Phi) is 3.81. The summed E-state index contributed by atoms with van der Waals surface area (Å²) in [6.07, 6.45) is 0. The molecule has 1 aliphatic heterocycles. The second kappa shape index (κ2) is 5.91. The monoisotopic (exact) mass is 291 g/mol. The number of nitrogens with one attached hydrogen (secondary N) is 1. The minimum Gasteiger partial charge on any atom is -0.384 e. The zero-order chi connectivity index (χ0) is 14.7. The van der Waals surface area contributed by atoms with E-state index in [1.807, 2.05) is 23.9 Å². The Hall–Kier alpha value is -2.43. The van der Waals surface area contributed by atoms with Crippen molar-refractivity contribution < 1.29 is 0 Å². The van der Waals surface area contributed by atoms with E-state index in [1.54, 1.807) is 12.1 Å². The van der Waals surface area contributed by atoms with Crippen LogP contribution in [0.25, 0.3) is 0 Å². The highest BCUT2D eigenvalue weighted by Gasteiger charge is 2.22. The van der Waals surface area contributed by atoms with Gasteiger partial charge in [-0.15, -0.1) is 11.8 Å². The van der Waals surface area contributed by atoms with E-state index in [9.17, 15) is 0 Å². The fourth-order valence-electron chi connectivity index (χ4n) is 2.48. The van der Waals surface area contributed by atoms with Crippen LogP contribution in [0.1, 0.15) is 22.6 Å². The Morgan fingerprint density at radius 1 is 1.10 bits per heavy atom. The van der Waals surface area contributed by atoms with Crippen LogP contribution in [-0.4, -0.2) is 12.3 Å². The van der Waals surface area contributed by atoms with Crippen molar-refractivity contribution in [3.8, 4) is 12.1 Å². The second-order valence-electron chi connectivity index (χ2n) is 4.91. The Bertz CT molecular complexity index is 755. The zero-order valence-electron chi connectivity index (χ0n) is 11.3. The molecule has 3 nitrogen and oxygen atoms in total. The predicted octanol–water partition coefficient (Wildman–Crippen LogP) is 3.73. The van der Waals surface area contributed by atoms with Crippen molar-refractivity contribution in [3.63, 3.8) is 0 Å². The maximum absolute atomic E-state index is 9.05. The molecule has 0 bridgehead atoms. The van der Waals surface area contributed by atoms with Crippen LogP contribution in [0.15, 0.2) is 47.4 Å². The first kappa shape index (κ1) is 13.5. The third kappa shape index (κ3) is 2.72. The summed E-state index contributed by atoms with van der Waals surface area (Å²) in [7, 11) is 0. The highest BCUT2D eigenvalue weighted by atomic mass is 32.2. The highest BCUT2D eigenvalue weighted by Crippen LogP contribution is 2.39. The molecular formula is C17H13N3S. The fraction of sp³-hybridized carbons (Fsp3) is 0.176. The lowest BCUT2D eigenvalue weighted by Gasteiger charge is -2.13. The summed E-state index contributed by atoms with van der Waals surface area (Å²) in [6.45, 7) is 0.834. The molecule has 0 saturated carbocycles. The average molecular weight is 291 g/mol. The normalized spacial score (nSPS) is 15.8. The van der Waals surface area contributed by atoms with Crippen molar-refractivity contribution in [2.75, 3.05) is 17.6 Å². The SMILES string of the molecule is N#Cc1ccc(NCC2CSc3ccccc32)cc1C#N. The first-order valence-electron chi connectivity index (χ1n) is 6.71. The molecular weight excluding hydrogens is 278 g/mol. The lowest BCUT2D eigenvalue weighted by atomic mass is 10.0. The van der Waals surface area contributed by atoms with E-state index in [4.69, 9.17) is 10.5 Å². The largest absolute Gasteiger partial charge is 0.384 e. The molecule has 0 fully saturated rings. The molecule has 0 saturated heterocycles. The van der Waals surface area contributed by atoms with E-state index in [0.717, 1.165) is 18.0 Å². The first-order chi connectivity index (χ1) is 10.3. The molecule has 2 aromatic rings. The quantitative estimate of drug-likeness (QED) is 0.936. The number of nitrogens with zero attached hydrogens (tertiary/aromatic N) is 2. The van der Waals surface area contributed by atoms with Gasteiger partial charge in [0, 0.05) is 28.8 Å². The fourth-order valence-corrected chi connectivity index (χ4v) is 3.74. The van der Waals surface area contributed by atoms with Gasteiger partial charge in [-0.05, 0) is 29.8 Å². The average Bonchev–Trinajstić information content (AvgIpc) is 2.96. The zero-order valence-corrected chi connectivity index (χ0v) is 12.2. The van der Waals surface area contributed by atoms with Crippen molar-refractivity contribution in [1.82, 2.24) is 0 Å². The lowest BCUT2D eigenvalue weighted by molar-refractivity contribution is 0.819. The lowest BCUT2D eigenvalue weighted by Crippen LogP contribution is -2.12. The van der Waals surface area contributed by atoms with Crippen LogP contribution in [-0.2, 0) is 0 Å². The third-order valence-electron chi connectivity index (χ3n) is 3.61. The maximum Gasteiger partial charge on any atom is 0.101 e. The van der Waals surface area contributed by atoms with Gasteiger partial charge in [-0.3, -0.25) is 0 Å². The smallest absolute Gasteiger partial charge is 0.101 e. The van der Waals surface area contributed by atoms with Crippen molar-refractivity contribution >= 4 is 17.4 Å². The number of rotatable bonds is 3. The van der Waals surface area contributed by atoms with Crippen LogP contribution in [0.2, 0.25) is 0 Å². The molecule has 0 aromatic heterocycles. The van der Waals surface area contributed by atoms with Crippen molar-refractivity contribution in [2.45, 2.75) is 10.8 Å². The van der Waals surface area contributed by atoms with Crippen molar-refractivity contribution in [1.29, 1.82) is 10.5 Å². The third-order valence-corrected chi connectivity index (χ3v) is 4.86. The molecule has 21 heavy (non-hydrogen) atoms. The Morgan fingerprint density at radius 2 is 1.90 bits per heavy atom. The molecule has 1 atom stereocenters. The topological polar surface area (TPSA) is 59.6 Å². The molecule has 3 rings (SSSR count). The van der Waals surface area contributed by atoms with Gasteiger partial charge in [0.05, 0.1) is 11.1 Å². The Labute approximate surface area is 128 Å². The van der Waals surface area contributed by atoms with Crippen molar-refractivity contribution in [3.05, 3.63) is 59.2 Å². The summed E-state index contributed by atoms with van der Waals surface area (Å²) < 4.78 is 0. The maximum atomic E-state index is 9.05. The second-order valence-corrected chi connectivity index (χ2v) is 5.97. The molecule has 2 aromatic carbocycles. The number of hydrogen-bond acceptors (Lipinski definition) is 4. The molecule has 0 amide bonds. The van der Waals surface area contributed by atoms with Gasteiger partial charge in [-0.1, -0.05) is 18.2 Å².